The fraction of sp³-hybridized carbons (Fsp3) is 0.909. The van der Waals surface area contributed by atoms with Gasteiger partial charge < -0.3 is 0 Å². The van der Waals surface area contributed by atoms with Crippen LogP contribution in [0.4, 0.5) is 0 Å². The van der Waals surface area contributed by atoms with Gasteiger partial charge in [0.2, 0.25) is 0 Å². The van der Waals surface area contributed by atoms with Crippen LogP contribution in [0.15, 0.2) is 0 Å². The first kappa shape index (κ1) is 14.9. The van der Waals surface area contributed by atoms with E-state index in [0.29, 0.717) is 0 Å². The standard InChI is InChI=1S/C10H22.CO2/c1-3-5-7-9-10-8-6-4-2;2-1-3/h3-10H2,1-2H3;. The van der Waals surface area contributed by atoms with Crippen LogP contribution in [0.2, 0.25) is 0 Å². The minimum absolute atomic E-state index is 0.250. The molecule has 0 amide bonds. The summed E-state index contributed by atoms with van der Waals surface area (Å²) in [6, 6.07) is 0. The molecule has 0 aromatic rings. The van der Waals surface area contributed by atoms with Crippen LogP contribution >= 0.6 is 0 Å². The fourth-order valence-corrected chi connectivity index (χ4v) is 1.21. The Morgan fingerprint density at radius 1 is 0.692 bits per heavy atom. The highest BCUT2D eigenvalue weighted by molar-refractivity contribution is 5.20. The lowest BCUT2D eigenvalue weighted by Gasteiger charge is -1.97. The Balaban J connectivity index is 0. The summed E-state index contributed by atoms with van der Waals surface area (Å²) in [6.07, 6.45) is 11.7. The predicted molar refractivity (Wildman–Crippen MR) is 53.3 cm³/mol. The van der Waals surface area contributed by atoms with Crippen molar-refractivity contribution in [3.8, 4) is 0 Å². The van der Waals surface area contributed by atoms with Gasteiger partial charge in [-0.3, -0.25) is 0 Å². The maximum atomic E-state index is 8.12. The van der Waals surface area contributed by atoms with Crippen LogP contribution in [0, 0.1) is 0 Å². The van der Waals surface area contributed by atoms with Crippen LogP contribution in [-0.2, 0) is 9.59 Å². The van der Waals surface area contributed by atoms with Gasteiger partial charge in [0, 0.05) is 0 Å². The van der Waals surface area contributed by atoms with E-state index in [4.69, 9.17) is 9.59 Å². The van der Waals surface area contributed by atoms with Crippen LogP contribution < -0.4 is 0 Å². The van der Waals surface area contributed by atoms with E-state index in [0.717, 1.165) is 0 Å². The molecule has 0 radical (unpaired) electrons. The monoisotopic (exact) mass is 186 g/mol. The highest BCUT2D eigenvalue weighted by Gasteiger charge is 1.87. The molecule has 0 unspecified atom stereocenters. The van der Waals surface area contributed by atoms with Crippen LogP contribution in [-0.4, -0.2) is 6.15 Å². The van der Waals surface area contributed by atoms with E-state index in [1.807, 2.05) is 0 Å². The Morgan fingerprint density at radius 3 is 1.15 bits per heavy atom. The van der Waals surface area contributed by atoms with Gasteiger partial charge in [0.05, 0.1) is 0 Å². The Kier molecular flexibility index (Phi) is 20.0. The molecule has 0 aliphatic carbocycles. The first-order valence-corrected chi connectivity index (χ1v) is 5.32. The molecule has 0 spiro atoms. The second kappa shape index (κ2) is 17.5. The van der Waals surface area contributed by atoms with Crippen LogP contribution in [0.1, 0.15) is 65.2 Å². The molecule has 0 aromatic heterocycles. The molecule has 13 heavy (non-hydrogen) atoms. The molecule has 0 fully saturated rings. The molecule has 0 saturated carbocycles. The molecular formula is C11H22O2. The molecule has 0 N–H and O–H groups in total. The third-order valence-electron chi connectivity index (χ3n) is 1.96. The van der Waals surface area contributed by atoms with Crippen molar-refractivity contribution in [2.75, 3.05) is 0 Å². The minimum Gasteiger partial charge on any atom is -0.186 e. The van der Waals surface area contributed by atoms with E-state index in [9.17, 15) is 0 Å². The van der Waals surface area contributed by atoms with Crippen molar-refractivity contribution in [1.82, 2.24) is 0 Å². The van der Waals surface area contributed by atoms with Gasteiger partial charge in [0.1, 0.15) is 0 Å². The largest absolute Gasteiger partial charge is 0.373 e. The molecule has 0 atom stereocenters. The maximum Gasteiger partial charge on any atom is 0.373 e. The molecule has 0 aliphatic rings. The van der Waals surface area contributed by atoms with Crippen molar-refractivity contribution in [2.45, 2.75) is 65.2 Å². The summed E-state index contributed by atoms with van der Waals surface area (Å²) >= 11 is 0. The number of carbonyl (C=O) groups excluding carboxylic acids is 2. The number of unbranched alkanes of at least 4 members (excludes halogenated alkanes) is 7. The van der Waals surface area contributed by atoms with Crippen LogP contribution in [0.3, 0.4) is 0 Å². The highest BCUT2D eigenvalue weighted by Crippen LogP contribution is 2.07. The average Bonchev–Trinajstić information content (AvgIpc) is 2.13. The molecule has 0 bridgehead atoms. The maximum absolute atomic E-state index is 8.12. The van der Waals surface area contributed by atoms with Gasteiger partial charge in [-0.25, -0.2) is 0 Å². The van der Waals surface area contributed by atoms with E-state index in [-0.39, 0.29) is 6.15 Å². The number of rotatable bonds is 7. The molecule has 2 heteroatoms. The van der Waals surface area contributed by atoms with Gasteiger partial charge in [0.15, 0.2) is 0 Å². The Bertz CT molecular complexity index is 96.7. The molecule has 0 rings (SSSR count). The third kappa shape index (κ3) is 24.6. The Morgan fingerprint density at radius 2 is 0.923 bits per heavy atom. The Hall–Kier alpha value is -0.620. The third-order valence-corrected chi connectivity index (χ3v) is 1.96. The normalized spacial score (nSPS) is 8.46. The topological polar surface area (TPSA) is 34.1 Å². The summed E-state index contributed by atoms with van der Waals surface area (Å²) in [4.78, 5) is 16.2. The van der Waals surface area contributed by atoms with E-state index < -0.39 is 0 Å². The summed E-state index contributed by atoms with van der Waals surface area (Å²) in [5.41, 5.74) is 0. The summed E-state index contributed by atoms with van der Waals surface area (Å²) in [6.45, 7) is 4.54. The molecule has 2 nitrogen and oxygen atoms in total. The van der Waals surface area contributed by atoms with Crippen molar-refractivity contribution >= 4 is 6.15 Å². The summed E-state index contributed by atoms with van der Waals surface area (Å²) in [5, 5.41) is 0. The number of hydrogen-bond acceptors (Lipinski definition) is 2. The lowest BCUT2D eigenvalue weighted by molar-refractivity contribution is -0.191. The van der Waals surface area contributed by atoms with Crippen molar-refractivity contribution in [2.24, 2.45) is 0 Å². The zero-order chi connectivity index (χ0) is 10.4. The summed E-state index contributed by atoms with van der Waals surface area (Å²) in [5.74, 6) is 0. The van der Waals surface area contributed by atoms with Gasteiger partial charge in [-0.05, 0) is 0 Å². The molecule has 0 aliphatic heterocycles. The SMILES string of the molecule is CCCCCCCCCC.O=C=O. The number of hydrogen-bond donors (Lipinski definition) is 0. The fourth-order valence-electron chi connectivity index (χ4n) is 1.21. The van der Waals surface area contributed by atoms with Gasteiger partial charge in [0.25, 0.3) is 0 Å². The van der Waals surface area contributed by atoms with Gasteiger partial charge >= 0.3 is 6.15 Å². The molecule has 78 valence electrons. The van der Waals surface area contributed by atoms with Crippen molar-refractivity contribution < 1.29 is 9.59 Å². The van der Waals surface area contributed by atoms with Crippen LogP contribution in [0.25, 0.3) is 0 Å². The van der Waals surface area contributed by atoms with Crippen molar-refractivity contribution in [3.05, 3.63) is 0 Å². The first-order chi connectivity index (χ1) is 6.33. The quantitative estimate of drug-likeness (QED) is 0.570. The van der Waals surface area contributed by atoms with E-state index in [2.05, 4.69) is 13.8 Å². The predicted octanol–water partition coefficient (Wildman–Crippen LogP) is 3.56. The average molecular weight is 186 g/mol. The second-order valence-corrected chi connectivity index (χ2v) is 3.20. The first-order valence-electron chi connectivity index (χ1n) is 5.32. The molecule has 0 saturated heterocycles. The zero-order valence-electron chi connectivity index (χ0n) is 8.97. The van der Waals surface area contributed by atoms with E-state index >= 15 is 0 Å². The summed E-state index contributed by atoms with van der Waals surface area (Å²) < 4.78 is 0. The van der Waals surface area contributed by atoms with Crippen LogP contribution in [0.5, 0.6) is 0 Å². The smallest absolute Gasteiger partial charge is 0.186 e. The summed E-state index contributed by atoms with van der Waals surface area (Å²) in [7, 11) is 0. The molecular weight excluding hydrogens is 164 g/mol. The highest BCUT2D eigenvalue weighted by atomic mass is 16.2. The zero-order valence-corrected chi connectivity index (χ0v) is 8.97. The second-order valence-electron chi connectivity index (χ2n) is 3.20. The van der Waals surface area contributed by atoms with Crippen molar-refractivity contribution in [1.29, 1.82) is 0 Å². The Labute approximate surface area is 81.7 Å². The lowest BCUT2D eigenvalue weighted by Crippen LogP contribution is -1.77. The van der Waals surface area contributed by atoms with Gasteiger partial charge in [-0.15, -0.1) is 0 Å². The molecule has 0 heterocycles. The lowest BCUT2D eigenvalue weighted by atomic mass is 10.1. The van der Waals surface area contributed by atoms with E-state index in [1.165, 1.54) is 51.4 Å². The van der Waals surface area contributed by atoms with E-state index in [1.54, 1.807) is 0 Å². The van der Waals surface area contributed by atoms with Gasteiger partial charge in [-0.2, -0.15) is 9.59 Å². The van der Waals surface area contributed by atoms with Gasteiger partial charge in [-0.1, -0.05) is 65.2 Å². The minimum atomic E-state index is 0.250. The molecule has 0 aromatic carbocycles. The van der Waals surface area contributed by atoms with Crippen molar-refractivity contribution in [3.63, 3.8) is 0 Å².